The summed E-state index contributed by atoms with van der Waals surface area (Å²) in [4.78, 5) is 13.3. The van der Waals surface area contributed by atoms with Crippen LogP contribution in [0.4, 0.5) is 0 Å². The van der Waals surface area contributed by atoms with Crippen LogP contribution in [0.1, 0.15) is 32.3 Å². The summed E-state index contributed by atoms with van der Waals surface area (Å²) in [6.07, 6.45) is 5.47. The molecular formula is C13H21N3O2. The molecule has 0 aliphatic carbocycles. The largest absolute Gasteiger partial charge is 0.481 e. The van der Waals surface area contributed by atoms with Gasteiger partial charge in [-0.15, -0.1) is 0 Å². The van der Waals surface area contributed by atoms with Crippen molar-refractivity contribution in [3.8, 4) is 0 Å². The predicted molar refractivity (Wildman–Crippen MR) is 68.1 cm³/mol. The number of aromatic nitrogens is 2. The lowest BCUT2D eigenvalue weighted by atomic mass is 9.91. The Kier molecular flexibility index (Phi) is 4.01. The maximum Gasteiger partial charge on any atom is 0.306 e. The lowest BCUT2D eigenvalue weighted by Gasteiger charge is -2.35. The van der Waals surface area contributed by atoms with Crippen LogP contribution in [0.2, 0.25) is 0 Å². The van der Waals surface area contributed by atoms with Gasteiger partial charge in [-0.1, -0.05) is 0 Å². The maximum atomic E-state index is 11.0. The molecule has 5 nitrogen and oxygen atoms in total. The Morgan fingerprint density at radius 3 is 2.94 bits per heavy atom. The quantitative estimate of drug-likeness (QED) is 0.883. The molecule has 1 N–H and O–H groups in total. The summed E-state index contributed by atoms with van der Waals surface area (Å²) < 4.78 is 1.92. The highest BCUT2D eigenvalue weighted by molar-refractivity contribution is 5.70. The third kappa shape index (κ3) is 2.90. The van der Waals surface area contributed by atoms with Crippen molar-refractivity contribution in [2.75, 3.05) is 6.54 Å². The van der Waals surface area contributed by atoms with Crippen molar-refractivity contribution in [2.45, 2.75) is 45.8 Å². The van der Waals surface area contributed by atoms with Gasteiger partial charge in [0.2, 0.25) is 0 Å². The van der Waals surface area contributed by atoms with E-state index in [9.17, 15) is 4.79 Å². The molecule has 1 saturated heterocycles. The number of carboxylic acid groups (broad SMARTS) is 1. The van der Waals surface area contributed by atoms with Gasteiger partial charge in [-0.05, 0) is 33.2 Å². The van der Waals surface area contributed by atoms with E-state index in [1.165, 1.54) is 5.56 Å². The molecule has 1 aliphatic rings. The summed E-state index contributed by atoms with van der Waals surface area (Å²) in [5.41, 5.74) is 1.21. The Bertz CT molecular complexity index is 416. The van der Waals surface area contributed by atoms with Gasteiger partial charge in [-0.25, -0.2) is 0 Å². The molecule has 1 fully saturated rings. The summed E-state index contributed by atoms with van der Waals surface area (Å²) >= 11 is 0. The van der Waals surface area contributed by atoms with Crippen LogP contribution in [0, 0.1) is 5.92 Å². The number of piperidine rings is 1. The van der Waals surface area contributed by atoms with Crippen molar-refractivity contribution in [3.63, 3.8) is 0 Å². The Labute approximate surface area is 107 Å². The van der Waals surface area contributed by atoms with Crippen molar-refractivity contribution >= 4 is 5.97 Å². The molecule has 0 bridgehead atoms. The zero-order valence-electron chi connectivity index (χ0n) is 11.0. The molecule has 100 valence electrons. The molecule has 0 aromatic carbocycles. The number of carboxylic acids is 1. The molecule has 0 radical (unpaired) electrons. The molecule has 1 aliphatic heterocycles. The number of hydrogen-bond acceptors (Lipinski definition) is 3. The van der Waals surface area contributed by atoms with E-state index in [1.807, 2.05) is 10.9 Å². The second-order valence-electron chi connectivity index (χ2n) is 5.08. The standard InChI is InChI=1S/C13H21N3O2/c1-3-16-9-11(7-14-16)8-15-5-4-12(13(17)18)6-10(15)2/h7,9-10,12H,3-6,8H2,1-2H3,(H,17,18). The third-order valence-corrected chi connectivity index (χ3v) is 3.76. The van der Waals surface area contributed by atoms with Crippen LogP contribution >= 0.6 is 0 Å². The van der Waals surface area contributed by atoms with Crippen molar-refractivity contribution in [1.82, 2.24) is 14.7 Å². The van der Waals surface area contributed by atoms with Crippen LogP contribution in [-0.4, -0.2) is 38.3 Å². The highest BCUT2D eigenvalue weighted by Gasteiger charge is 2.29. The molecular weight excluding hydrogens is 230 g/mol. The maximum absolute atomic E-state index is 11.0. The number of carbonyl (C=O) groups is 1. The minimum Gasteiger partial charge on any atom is -0.481 e. The molecule has 2 atom stereocenters. The van der Waals surface area contributed by atoms with E-state index < -0.39 is 5.97 Å². The van der Waals surface area contributed by atoms with E-state index in [-0.39, 0.29) is 5.92 Å². The van der Waals surface area contributed by atoms with E-state index in [1.54, 1.807) is 0 Å². The smallest absolute Gasteiger partial charge is 0.306 e. The molecule has 0 amide bonds. The molecule has 18 heavy (non-hydrogen) atoms. The molecule has 0 saturated carbocycles. The normalized spacial score (nSPS) is 25.2. The Hall–Kier alpha value is -1.36. The minimum absolute atomic E-state index is 0.172. The first-order valence-electron chi connectivity index (χ1n) is 6.58. The van der Waals surface area contributed by atoms with Crippen molar-refractivity contribution in [2.24, 2.45) is 5.92 Å². The van der Waals surface area contributed by atoms with Gasteiger partial charge in [0.25, 0.3) is 0 Å². The lowest BCUT2D eigenvalue weighted by molar-refractivity contribution is -0.144. The first kappa shape index (κ1) is 13.1. The average molecular weight is 251 g/mol. The molecule has 0 spiro atoms. The highest BCUT2D eigenvalue weighted by Crippen LogP contribution is 2.24. The summed E-state index contributed by atoms with van der Waals surface area (Å²) in [5.74, 6) is -0.824. The van der Waals surface area contributed by atoms with E-state index in [4.69, 9.17) is 5.11 Å². The van der Waals surface area contributed by atoms with E-state index in [2.05, 4.69) is 30.0 Å². The zero-order valence-corrected chi connectivity index (χ0v) is 11.0. The van der Waals surface area contributed by atoms with Crippen LogP contribution in [0.15, 0.2) is 12.4 Å². The summed E-state index contributed by atoms with van der Waals surface area (Å²) in [7, 11) is 0. The molecule has 2 rings (SSSR count). The second kappa shape index (κ2) is 5.52. The van der Waals surface area contributed by atoms with Crippen molar-refractivity contribution < 1.29 is 9.90 Å². The number of nitrogens with zero attached hydrogens (tertiary/aromatic N) is 3. The molecule has 2 unspecified atom stereocenters. The van der Waals surface area contributed by atoms with Crippen molar-refractivity contribution in [3.05, 3.63) is 18.0 Å². The number of aliphatic carboxylic acids is 1. The fourth-order valence-corrected chi connectivity index (χ4v) is 2.58. The van der Waals surface area contributed by atoms with E-state index >= 15 is 0 Å². The van der Waals surface area contributed by atoms with Crippen LogP contribution in [0.25, 0.3) is 0 Å². The van der Waals surface area contributed by atoms with Crippen molar-refractivity contribution in [1.29, 1.82) is 0 Å². The zero-order chi connectivity index (χ0) is 13.1. The van der Waals surface area contributed by atoms with E-state index in [0.29, 0.717) is 6.04 Å². The number of rotatable bonds is 4. The molecule has 5 heteroatoms. The van der Waals surface area contributed by atoms with Gasteiger partial charge in [-0.3, -0.25) is 14.4 Å². The second-order valence-corrected chi connectivity index (χ2v) is 5.08. The van der Waals surface area contributed by atoms with Crippen LogP contribution < -0.4 is 0 Å². The fourth-order valence-electron chi connectivity index (χ4n) is 2.58. The average Bonchev–Trinajstić information content (AvgIpc) is 2.79. The Morgan fingerprint density at radius 1 is 1.61 bits per heavy atom. The SMILES string of the molecule is CCn1cc(CN2CCC(C(=O)O)CC2C)cn1. The Morgan fingerprint density at radius 2 is 2.39 bits per heavy atom. The molecule has 1 aromatic heterocycles. The van der Waals surface area contributed by atoms with Gasteiger partial charge in [0.1, 0.15) is 0 Å². The number of likely N-dealkylation sites (tertiary alicyclic amines) is 1. The first-order chi connectivity index (χ1) is 8.60. The topological polar surface area (TPSA) is 58.4 Å². The molecule has 2 heterocycles. The van der Waals surface area contributed by atoms with Gasteiger partial charge >= 0.3 is 5.97 Å². The third-order valence-electron chi connectivity index (χ3n) is 3.76. The van der Waals surface area contributed by atoms with Crippen LogP contribution in [0.5, 0.6) is 0 Å². The lowest BCUT2D eigenvalue weighted by Crippen LogP contribution is -2.42. The summed E-state index contributed by atoms with van der Waals surface area (Å²) in [6, 6.07) is 0.324. The number of hydrogen-bond donors (Lipinski definition) is 1. The van der Waals surface area contributed by atoms with Gasteiger partial charge in [0.05, 0.1) is 12.1 Å². The summed E-state index contributed by atoms with van der Waals surface area (Å²) in [5, 5.41) is 13.3. The highest BCUT2D eigenvalue weighted by atomic mass is 16.4. The van der Waals surface area contributed by atoms with Gasteiger partial charge < -0.3 is 5.11 Å². The van der Waals surface area contributed by atoms with Gasteiger partial charge in [0, 0.05) is 30.9 Å². The van der Waals surface area contributed by atoms with Crippen LogP contribution in [0.3, 0.4) is 0 Å². The first-order valence-corrected chi connectivity index (χ1v) is 6.58. The Balaban J connectivity index is 1.92. The minimum atomic E-state index is -0.652. The summed E-state index contributed by atoms with van der Waals surface area (Å²) in [6.45, 7) is 6.79. The van der Waals surface area contributed by atoms with E-state index in [0.717, 1.165) is 32.5 Å². The fraction of sp³-hybridized carbons (Fsp3) is 0.692. The number of aryl methyl sites for hydroxylation is 1. The van der Waals surface area contributed by atoms with Crippen LogP contribution in [-0.2, 0) is 17.9 Å². The predicted octanol–water partition coefficient (Wildman–Crippen LogP) is 1.59. The van der Waals surface area contributed by atoms with Gasteiger partial charge in [-0.2, -0.15) is 5.10 Å². The monoisotopic (exact) mass is 251 g/mol. The van der Waals surface area contributed by atoms with Gasteiger partial charge in [0.15, 0.2) is 0 Å². The molecule has 1 aromatic rings.